The molecule has 152 valence electrons. The van der Waals surface area contributed by atoms with E-state index in [0.717, 1.165) is 49.9 Å². The van der Waals surface area contributed by atoms with Crippen LogP contribution in [-0.2, 0) is 4.79 Å². The zero-order chi connectivity index (χ0) is 20.2. The average Bonchev–Trinajstić information content (AvgIpc) is 3.00. The van der Waals surface area contributed by atoms with E-state index in [9.17, 15) is 9.59 Å². The summed E-state index contributed by atoms with van der Waals surface area (Å²) < 4.78 is 11.0. The molecule has 0 aliphatic carbocycles. The molecule has 0 N–H and O–H groups in total. The van der Waals surface area contributed by atoms with Crippen LogP contribution in [0.3, 0.4) is 0 Å². The van der Waals surface area contributed by atoms with Crippen molar-refractivity contribution in [1.29, 1.82) is 0 Å². The predicted octanol–water partition coefficient (Wildman–Crippen LogP) is 1.88. The van der Waals surface area contributed by atoms with Crippen molar-refractivity contribution < 1.29 is 19.1 Å². The van der Waals surface area contributed by atoms with Gasteiger partial charge >= 0.3 is 5.91 Å². The van der Waals surface area contributed by atoms with Gasteiger partial charge in [-0.2, -0.15) is 0 Å². The summed E-state index contributed by atoms with van der Waals surface area (Å²) in [4.78, 5) is 30.6. The summed E-state index contributed by atoms with van der Waals surface area (Å²) in [6, 6.07) is 14.8. The number of methoxy groups -OCH3 is 1. The van der Waals surface area contributed by atoms with Crippen LogP contribution in [-0.4, -0.2) is 74.6 Å². The van der Waals surface area contributed by atoms with Gasteiger partial charge in [-0.1, -0.05) is 12.1 Å². The van der Waals surface area contributed by atoms with Crippen molar-refractivity contribution in [3.63, 3.8) is 0 Å². The number of nitrogens with zero attached hydrogens (tertiary/aromatic N) is 3. The van der Waals surface area contributed by atoms with Gasteiger partial charge in [0, 0.05) is 32.7 Å². The van der Waals surface area contributed by atoms with Crippen LogP contribution in [0.25, 0.3) is 0 Å². The molecule has 4 rings (SSSR count). The third-order valence-corrected chi connectivity index (χ3v) is 5.42. The third-order valence-electron chi connectivity index (χ3n) is 5.42. The fourth-order valence-electron chi connectivity index (χ4n) is 3.71. The van der Waals surface area contributed by atoms with E-state index in [-0.39, 0.29) is 0 Å². The summed E-state index contributed by atoms with van der Waals surface area (Å²) in [6.45, 7) is 5.44. The third kappa shape index (κ3) is 4.26. The summed E-state index contributed by atoms with van der Waals surface area (Å²) >= 11 is 0. The summed E-state index contributed by atoms with van der Waals surface area (Å²) in [5.41, 5.74) is 1.23. The molecule has 0 saturated carbocycles. The topological polar surface area (TPSA) is 62.3 Å². The van der Waals surface area contributed by atoms with Gasteiger partial charge in [-0.3, -0.25) is 24.3 Å². The highest BCUT2D eigenvalue weighted by atomic mass is 16.5. The smallest absolute Gasteiger partial charge is 0.300 e. The molecular formula is C22H25N3O4. The maximum absolute atomic E-state index is 12.3. The number of benzene rings is 2. The number of carbonyl (C=O) groups is 2. The van der Waals surface area contributed by atoms with E-state index >= 15 is 0 Å². The van der Waals surface area contributed by atoms with Crippen LogP contribution < -0.4 is 14.4 Å². The summed E-state index contributed by atoms with van der Waals surface area (Å²) in [6.07, 6.45) is 0. The quantitative estimate of drug-likeness (QED) is 0.667. The van der Waals surface area contributed by atoms with Crippen molar-refractivity contribution in [2.45, 2.75) is 0 Å². The highest BCUT2D eigenvalue weighted by Crippen LogP contribution is 2.28. The molecule has 2 heterocycles. The van der Waals surface area contributed by atoms with Crippen LogP contribution in [0, 0.1) is 0 Å². The largest absolute Gasteiger partial charge is 0.497 e. The number of anilines is 1. The molecule has 1 saturated heterocycles. The molecule has 29 heavy (non-hydrogen) atoms. The number of rotatable bonds is 7. The van der Waals surface area contributed by atoms with Crippen molar-refractivity contribution in [3.05, 3.63) is 54.1 Å². The molecular weight excluding hydrogens is 370 g/mol. The van der Waals surface area contributed by atoms with Gasteiger partial charge in [-0.15, -0.1) is 0 Å². The Morgan fingerprint density at radius 2 is 1.52 bits per heavy atom. The van der Waals surface area contributed by atoms with Crippen LogP contribution in [0.1, 0.15) is 10.4 Å². The molecule has 2 aromatic rings. The minimum Gasteiger partial charge on any atom is -0.497 e. The number of fused-ring (bicyclic) bond motifs is 1. The molecule has 2 aliphatic rings. The second kappa shape index (κ2) is 8.63. The first-order chi connectivity index (χ1) is 14.2. The van der Waals surface area contributed by atoms with Crippen molar-refractivity contribution in [2.75, 3.05) is 58.0 Å². The van der Waals surface area contributed by atoms with Crippen LogP contribution in [0.2, 0.25) is 0 Å². The number of carbonyl (C=O) groups excluding carboxylic acids is 2. The first-order valence-corrected chi connectivity index (χ1v) is 9.82. The lowest BCUT2D eigenvalue weighted by molar-refractivity contribution is -0.114. The number of piperazine rings is 1. The Morgan fingerprint density at radius 1 is 0.862 bits per heavy atom. The van der Waals surface area contributed by atoms with Gasteiger partial charge in [0.25, 0.3) is 5.78 Å². The van der Waals surface area contributed by atoms with Crippen molar-refractivity contribution in [2.24, 2.45) is 0 Å². The maximum atomic E-state index is 12.3. The minimum absolute atomic E-state index is 0.407. The molecule has 1 fully saturated rings. The molecule has 1 amide bonds. The Labute approximate surface area is 170 Å². The van der Waals surface area contributed by atoms with Gasteiger partial charge in [0.1, 0.15) is 18.1 Å². The second-order valence-electron chi connectivity index (χ2n) is 7.20. The number of ketones is 1. The lowest BCUT2D eigenvalue weighted by Gasteiger charge is -2.36. The maximum Gasteiger partial charge on any atom is 0.300 e. The highest BCUT2D eigenvalue weighted by Gasteiger charge is 2.36. The van der Waals surface area contributed by atoms with E-state index in [1.165, 1.54) is 0 Å². The molecule has 0 aromatic heterocycles. The van der Waals surface area contributed by atoms with E-state index < -0.39 is 11.7 Å². The first-order valence-electron chi connectivity index (χ1n) is 9.82. The van der Waals surface area contributed by atoms with E-state index in [0.29, 0.717) is 18.8 Å². The van der Waals surface area contributed by atoms with Gasteiger partial charge in [-0.25, -0.2) is 0 Å². The van der Waals surface area contributed by atoms with Crippen LogP contribution in [0.15, 0.2) is 48.5 Å². The second-order valence-corrected chi connectivity index (χ2v) is 7.20. The predicted molar refractivity (Wildman–Crippen MR) is 110 cm³/mol. The van der Waals surface area contributed by atoms with Gasteiger partial charge in [-0.05, 0) is 36.4 Å². The number of hydrogen-bond acceptors (Lipinski definition) is 6. The van der Waals surface area contributed by atoms with Crippen LogP contribution in [0.4, 0.5) is 5.69 Å². The number of hydrogen-bond donors (Lipinski definition) is 0. The number of ether oxygens (including phenoxy) is 2. The average molecular weight is 395 g/mol. The van der Waals surface area contributed by atoms with Crippen molar-refractivity contribution in [1.82, 2.24) is 9.80 Å². The molecule has 0 spiro atoms. The lowest BCUT2D eigenvalue weighted by atomic mass is 10.1. The summed E-state index contributed by atoms with van der Waals surface area (Å²) in [5, 5.41) is 0. The van der Waals surface area contributed by atoms with Crippen molar-refractivity contribution >= 4 is 17.4 Å². The number of Topliss-reactive ketones (excluding diaryl/α,β-unsaturated/α-hetero) is 1. The Kier molecular flexibility index (Phi) is 5.78. The first kappa shape index (κ1) is 19.4. The monoisotopic (exact) mass is 395 g/mol. The molecule has 0 unspecified atom stereocenters. The van der Waals surface area contributed by atoms with E-state index in [1.807, 2.05) is 36.4 Å². The van der Waals surface area contributed by atoms with Gasteiger partial charge in [0.05, 0.1) is 25.0 Å². The number of amides is 1. The van der Waals surface area contributed by atoms with E-state index in [2.05, 4.69) is 9.80 Å². The normalized spacial score (nSPS) is 17.5. The molecule has 2 aliphatic heterocycles. The summed E-state index contributed by atoms with van der Waals surface area (Å²) in [5.74, 6) is 0.811. The molecule has 0 bridgehead atoms. The minimum atomic E-state index is -0.429. The van der Waals surface area contributed by atoms with Gasteiger partial charge < -0.3 is 9.47 Å². The Morgan fingerprint density at radius 3 is 2.24 bits per heavy atom. The standard InChI is InChI=1S/C22H25N3O4/c1-28-17-6-8-18(9-7-17)29-15-14-23-10-12-24(13-11-23)16-25-20-5-3-2-4-19(20)21(26)22(25)27/h2-9H,10-16H2,1H3. The van der Waals surface area contributed by atoms with E-state index in [1.54, 1.807) is 24.1 Å². The SMILES string of the molecule is COc1ccc(OCCN2CCN(CN3C(=O)C(=O)c4ccccc43)CC2)cc1. The van der Waals surface area contributed by atoms with Crippen molar-refractivity contribution in [3.8, 4) is 11.5 Å². The summed E-state index contributed by atoms with van der Waals surface area (Å²) in [7, 11) is 1.64. The van der Waals surface area contributed by atoms with Crippen LogP contribution in [0.5, 0.6) is 11.5 Å². The lowest BCUT2D eigenvalue weighted by Crippen LogP contribution is -2.51. The fourth-order valence-corrected chi connectivity index (χ4v) is 3.71. The molecule has 0 radical (unpaired) electrons. The fraction of sp³-hybridized carbons (Fsp3) is 0.364. The highest BCUT2D eigenvalue weighted by molar-refractivity contribution is 6.52. The van der Waals surface area contributed by atoms with Gasteiger partial charge in [0.15, 0.2) is 0 Å². The Bertz CT molecular complexity index is 876. The molecule has 0 atom stereocenters. The Hall–Kier alpha value is -2.90. The molecule has 7 nitrogen and oxygen atoms in total. The molecule has 7 heteroatoms. The van der Waals surface area contributed by atoms with Crippen LogP contribution >= 0.6 is 0 Å². The van der Waals surface area contributed by atoms with E-state index in [4.69, 9.17) is 9.47 Å². The number of para-hydroxylation sites is 1. The zero-order valence-electron chi connectivity index (χ0n) is 16.5. The molecule has 2 aromatic carbocycles. The van der Waals surface area contributed by atoms with Gasteiger partial charge in [0.2, 0.25) is 0 Å². The zero-order valence-corrected chi connectivity index (χ0v) is 16.5. The Balaban J connectivity index is 1.23.